The summed E-state index contributed by atoms with van der Waals surface area (Å²) in [6, 6.07) is 27.7. The Balaban J connectivity index is 1.53. The molecule has 2 N–H and O–H groups in total. The van der Waals surface area contributed by atoms with Crippen molar-refractivity contribution in [3.05, 3.63) is 131 Å². The van der Waals surface area contributed by atoms with Crippen molar-refractivity contribution in [3.63, 3.8) is 0 Å². The van der Waals surface area contributed by atoms with Gasteiger partial charge in [-0.2, -0.15) is 0 Å². The van der Waals surface area contributed by atoms with Gasteiger partial charge in [-0.3, -0.25) is 19.3 Å². The van der Waals surface area contributed by atoms with Gasteiger partial charge in [0, 0.05) is 7.11 Å². The molecular weight excluding hydrogens is 616 g/mol. The van der Waals surface area contributed by atoms with Gasteiger partial charge < -0.3 is 24.4 Å². The molecular formula is C37H32N2O9. The second-order valence-corrected chi connectivity index (χ2v) is 12.0. The third-order valence-corrected chi connectivity index (χ3v) is 9.54. The van der Waals surface area contributed by atoms with Gasteiger partial charge in [-0.25, -0.2) is 9.69 Å². The quantitative estimate of drug-likeness (QED) is 0.209. The number of benzene rings is 4. The molecule has 3 aliphatic rings. The van der Waals surface area contributed by atoms with Crippen LogP contribution in [0.4, 0.5) is 10.5 Å². The normalized spacial score (nSPS) is 26.2. The molecule has 0 saturated carbocycles. The van der Waals surface area contributed by atoms with Crippen LogP contribution < -0.4 is 4.90 Å². The van der Waals surface area contributed by atoms with Gasteiger partial charge in [0.2, 0.25) is 5.91 Å². The molecule has 3 aliphatic heterocycles. The first kappa shape index (κ1) is 31.1. The number of carbonyl (C=O) groups excluding carboxylic acids is 3. The number of aliphatic carboxylic acids is 1. The number of methoxy groups -OCH3 is 1. The lowest BCUT2D eigenvalue weighted by atomic mass is 9.65. The van der Waals surface area contributed by atoms with E-state index in [2.05, 4.69) is 0 Å². The lowest BCUT2D eigenvalue weighted by Crippen LogP contribution is -2.53. The molecule has 11 nitrogen and oxygen atoms in total. The predicted molar refractivity (Wildman–Crippen MR) is 171 cm³/mol. The van der Waals surface area contributed by atoms with Crippen LogP contribution in [0.15, 0.2) is 109 Å². The Morgan fingerprint density at radius 2 is 1.42 bits per heavy atom. The minimum absolute atomic E-state index is 0.0431. The number of hydrogen-bond acceptors (Lipinski definition) is 9. The van der Waals surface area contributed by atoms with Crippen molar-refractivity contribution < 1.29 is 43.6 Å². The summed E-state index contributed by atoms with van der Waals surface area (Å²) < 4.78 is 16.6. The molecule has 11 heteroatoms. The van der Waals surface area contributed by atoms with E-state index < -0.39 is 59.5 Å². The molecule has 0 bridgehead atoms. The van der Waals surface area contributed by atoms with E-state index in [9.17, 15) is 24.6 Å². The maximum absolute atomic E-state index is 15.2. The number of nitrogens with zero attached hydrogens (tertiary/aromatic N) is 2. The smallest absolute Gasteiger partial charge is 0.421 e. The minimum atomic E-state index is -2.01. The highest BCUT2D eigenvalue weighted by atomic mass is 16.6. The summed E-state index contributed by atoms with van der Waals surface area (Å²) >= 11 is 0. The fourth-order valence-electron chi connectivity index (χ4n) is 7.76. The summed E-state index contributed by atoms with van der Waals surface area (Å²) in [6.07, 6.45) is -1.88. The number of cyclic esters (lactones) is 1. The number of imide groups is 1. The molecule has 244 valence electrons. The monoisotopic (exact) mass is 648 g/mol. The molecule has 2 amide bonds. The van der Waals surface area contributed by atoms with Crippen LogP contribution in [0.5, 0.6) is 5.75 Å². The average molecular weight is 649 g/mol. The number of anilines is 1. The largest absolute Gasteiger partial charge is 0.508 e. The number of ether oxygens (including phenoxy) is 3. The molecule has 2 saturated heterocycles. The molecule has 48 heavy (non-hydrogen) atoms. The number of fused-ring (bicyclic) bond motifs is 3. The molecule has 2 fully saturated rings. The van der Waals surface area contributed by atoms with Gasteiger partial charge in [-0.1, -0.05) is 91.0 Å². The first-order valence-electron chi connectivity index (χ1n) is 15.5. The van der Waals surface area contributed by atoms with E-state index in [0.717, 1.165) is 10.5 Å². The standard InChI is InChI=1S/C37H32N2O9/c1-46-20-21-47-36(45)38-27-15-9-8-14-26(27)37(35(38)44)28(33(41)42)30-34(43)48-31(23-12-6-3-7-13-23)29(22-10-4-2-5-11-22)39(30)32(37)24-16-18-25(40)19-17-24/h2-19,28-32,40H,20-21H2,1H3,(H,41,42)/t28-,29-,30-,31+,32+,37-/m0/s1. The first-order chi connectivity index (χ1) is 23.3. The van der Waals surface area contributed by atoms with Crippen molar-refractivity contribution in [3.8, 4) is 5.75 Å². The van der Waals surface area contributed by atoms with Crippen LogP contribution in [0.25, 0.3) is 0 Å². The Hall–Kier alpha value is -5.52. The third-order valence-electron chi connectivity index (χ3n) is 9.54. The number of para-hydroxylation sites is 1. The second kappa shape index (κ2) is 12.3. The van der Waals surface area contributed by atoms with Gasteiger partial charge in [0.1, 0.15) is 35.8 Å². The van der Waals surface area contributed by atoms with Crippen LogP contribution in [0.3, 0.4) is 0 Å². The molecule has 0 aliphatic carbocycles. The fourth-order valence-corrected chi connectivity index (χ4v) is 7.76. The number of carboxylic acids is 1. The number of amides is 2. The highest BCUT2D eigenvalue weighted by Crippen LogP contribution is 2.65. The number of phenols is 1. The predicted octanol–water partition coefficient (Wildman–Crippen LogP) is 4.93. The zero-order valence-electron chi connectivity index (χ0n) is 25.8. The number of carbonyl (C=O) groups is 4. The van der Waals surface area contributed by atoms with Crippen molar-refractivity contribution in [2.45, 2.75) is 29.6 Å². The minimum Gasteiger partial charge on any atom is -0.508 e. The Bertz CT molecular complexity index is 1870. The SMILES string of the molecule is COCCOC(=O)N1C(=O)[C@@]2(c3ccccc31)[C@H](C(=O)O)[C@H]1C(=O)O[C@H](c3ccccc3)[C@H](c3ccccc3)N1[C@@H]2c1ccc(O)cc1. The first-order valence-corrected chi connectivity index (χ1v) is 15.5. The van der Waals surface area contributed by atoms with Crippen LogP contribution in [0.1, 0.15) is 40.4 Å². The fraction of sp³-hybridized carbons (Fsp3) is 0.243. The molecule has 0 radical (unpaired) electrons. The van der Waals surface area contributed by atoms with Gasteiger partial charge in [0.25, 0.3) is 0 Å². The maximum atomic E-state index is 15.2. The van der Waals surface area contributed by atoms with E-state index in [4.69, 9.17) is 14.2 Å². The van der Waals surface area contributed by atoms with Crippen molar-refractivity contribution in [2.24, 2.45) is 5.92 Å². The summed E-state index contributed by atoms with van der Waals surface area (Å²) in [5.74, 6) is -4.81. The Morgan fingerprint density at radius 1 is 0.792 bits per heavy atom. The Kier molecular flexibility index (Phi) is 7.94. The summed E-state index contributed by atoms with van der Waals surface area (Å²) in [5, 5.41) is 21.4. The zero-order valence-corrected chi connectivity index (χ0v) is 25.8. The number of phenolic OH excluding ortho intramolecular Hbond substituents is 1. The average Bonchev–Trinajstić information content (AvgIpc) is 3.56. The summed E-state index contributed by atoms with van der Waals surface area (Å²) in [6.45, 7) is -0.0658. The molecule has 4 aromatic rings. The zero-order chi connectivity index (χ0) is 33.6. The van der Waals surface area contributed by atoms with Crippen molar-refractivity contribution >= 4 is 29.6 Å². The second-order valence-electron chi connectivity index (χ2n) is 12.0. The maximum Gasteiger partial charge on any atom is 0.421 e. The number of carboxylic acid groups (broad SMARTS) is 1. The van der Waals surface area contributed by atoms with Gasteiger partial charge in [-0.15, -0.1) is 0 Å². The third kappa shape index (κ3) is 4.65. The molecule has 4 aromatic carbocycles. The highest BCUT2D eigenvalue weighted by Gasteiger charge is 2.76. The van der Waals surface area contributed by atoms with Gasteiger partial charge in [0.05, 0.1) is 24.4 Å². The molecule has 0 unspecified atom stereocenters. The lowest BCUT2D eigenvalue weighted by molar-refractivity contribution is -0.179. The summed E-state index contributed by atoms with van der Waals surface area (Å²) in [4.78, 5) is 59.4. The number of esters is 1. The highest BCUT2D eigenvalue weighted by molar-refractivity contribution is 6.23. The molecule has 0 aromatic heterocycles. The number of morpholine rings is 1. The van der Waals surface area contributed by atoms with Crippen LogP contribution >= 0.6 is 0 Å². The van der Waals surface area contributed by atoms with Crippen LogP contribution in [-0.4, -0.2) is 65.4 Å². The van der Waals surface area contributed by atoms with E-state index >= 15 is 4.79 Å². The van der Waals surface area contributed by atoms with Crippen molar-refractivity contribution in [1.82, 2.24) is 4.90 Å². The van der Waals surface area contributed by atoms with Crippen molar-refractivity contribution in [1.29, 1.82) is 0 Å². The van der Waals surface area contributed by atoms with Crippen LogP contribution in [-0.2, 0) is 34.0 Å². The molecule has 3 heterocycles. The van der Waals surface area contributed by atoms with Gasteiger partial charge in [0.15, 0.2) is 0 Å². The number of hydrogen-bond donors (Lipinski definition) is 2. The Morgan fingerprint density at radius 3 is 2.06 bits per heavy atom. The van der Waals surface area contributed by atoms with E-state index in [0.29, 0.717) is 11.1 Å². The van der Waals surface area contributed by atoms with E-state index in [-0.39, 0.29) is 30.2 Å². The van der Waals surface area contributed by atoms with E-state index in [1.807, 2.05) is 60.7 Å². The number of aromatic hydroxyl groups is 1. The van der Waals surface area contributed by atoms with Crippen LogP contribution in [0, 0.1) is 5.92 Å². The van der Waals surface area contributed by atoms with Gasteiger partial charge >= 0.3 is 18.0 Å². The summed E-state index contributed by atoms with van der Waals surface area (Å²) in [7, 11) is 1.44. The lowest BCUT2D eigenvalue weighted by Gasteiger charge is -2.46. The summed E-state index contributed by atoms with van der Waals surface area (Å²) in [5.41, 5.74) is 0.266. The van der Waals surface area contributed by atoms with Gasteiger partial charge in [-0.05, 0) is 40.5 Å². The molecule has 6 atom stereocenters. The van der Waals surface area contributed by atoms with E-state index in [1.54, 1.807) is 41.3 Å². The van der Waals surface area contributed by atoms with Crippen LogP contribution in [0.2, 0.25) is 0 Å². The topological polar surface area (TPSA) is 143 Å². The molecule has 7 rings (SSSR count). The Labute approximate surface area is 275 Å². The van der Waals surface area contributed by atoms with E-state index in [1.165, 1.54) is 19.2 Å². The number of rotatable bonds is 7. The van der Waals surface area contributed by atoms with Crippen molar-refractivity contribution in [2.75, 3.05) is 25.2 Å². The molecule has 1 spiro atoms.